The lowest BCUT2D eigenvalue weighted by Gasteiger charge is -1.96. The number of carboxylic acid groups (broad SMARTS) is 1. The Morgan fingerprint density at radius 2 is 2.47 bits per heavy atom. The quantitative estimate of drug-likeness (QED) is 0.800. The minimum atomic E-state index is -0.941. The SMILES string of the molecule is COCc1nc(NC2CC2)sc1C(=O)O. The second kappa shape index (κ2) is 4.16. The summed E-state index contributed by atoms with van der Waals surface area (Å²) >= 11 is 1.17. The predicted molar refractivity (Wildman–Crippen MR) is 56.4 cm³/mol. The minimum absolute atomic E-state index is 0.241. The van der Waals surface area contributed by atoms with Crippen molar-refractivity contribution in [1.29, 1.82) is 0 Å². The lowest BCUT2D eigenvalue weighted by Crippen LogP contribution is -2.01. The Labute approximate surface area is 91.1 Å². The lowest BCUT2D eigenvalue weighted by atomic mass is 10.4. The van der Waals surface area contributed by atoms with Crippen LogP contribution in [-0.2, 0) is 11.3 Å². The number of carboxylic acids is 1. The van der Waals surface area contributed by atoms with E-state index in [0.29, 0.717) is 16.9 Å². The molecule has 1 aliphatic rings. The maximum atomic E-state index is 10.9. The summed E-state index contributed by atoms with van der Waals surface area (Å²) in [5, 5.41) is 12.8. The number of thiazole rings is 1. The van der Waals surface area contributed by atoms with E-state index in [-0.39, 0.29) is 11.5 Å². The highest BCUT2D eigenvalue weighted by atomic mass is 32.1. The molecule has 1 aliphatic carbocycles. The van der Waals surface area contributed by atoms with E-state index >= 15 is 0 Å². The van der Waals surface area contributed by atoms with E-state index in [0.717, 1.165) is 12.8 Å². The Hall–Kier alpha value is -1.14. The van der Waals surface area contributed by atoms with Gasteiger partial charge in [0.25, 0.3) is 0 Å². The van der Waals surface area contributed by atoms with Gasteiger partial charge in [-0.3, -0.25) is 0 Å². The van der Waals surface area contributed by atoms with Crippen LogP contribution in [0.25, 0.3) is 0 Å². The molecule has 0 unspecified atom stereocenters. The normalized spacial score (nSPS) is 15.3. The highest BCUT2D eigenvalue weighted by Crippen LogP contribution is 2.29. The number of methoxy groups -OCH3 is 1. The first-order chi connectivity index (χ1) is 7.20. The van der Waals surface area contributed by atoms with Crippen LogP contribution in [0.1, 0.15) is 28.2 Å². The highest BCUT2D eigenvalue weighted by molar-refractivity contribution is 7.17. The third kappa shape index (κ3) is 2.45. The smallest absolute Gasteiger partial charge is 0.347 e. The molecule has 15 heavy (non-hydrogen) atoms. The van der Waals surface area contributed by atoms with Crippen LogP contribution in [0.15, 0.2) is 0 Å². The van der Waals surface area contributed by atoms with E-state index < -0.39 is 5.97 Å². The van der Waals surface area contributed by atoms with E-state index in [1.807, 2.05) is 0 Å². The molecule has 2 N–H and O–H groups in total. The fourth-order valence-electron chi connectivity index (χ4n) is 1.22. The van der Waals surface area contributed by atoms with Crippen LogP contribution in [0.4, 0.5) is 5.13 Å². The number of anilines is 1. The van der Waals surface area contributed by atoms with E-state index in [1.165, 1.54) is 18.4 Å². The summed E-state index contributed by atoms with van der Waals surface area (Å²) in [6, 6.07) is 0.480. The van der Waals surface area contributed by atoms with Crippen LogP contribution in [-0.4, -0.2) is 29.2 Å². The molecule has 2 rings (SSSR count). The van der Waals surface area contributed by atoms with Crippen LogP contribution in [0, 0.1) is 0 Å². The number of rotatable bonds is 5. The summed E-state index contributed by atoms with van der Waals surface area (Å²) in [7, 11) is 1.53. The first-order valence-electron chi connectivity index (χ1n) is 4.69. The lowest BCUT2D eigenvalue weighted by molar-refractivity contribution is 0.0697. The van der Waals surface area contributed by atoms with Crippen LogP contribution >= 0.6 is 11.3 Å². The van der Waals surface area contributed by atoms with Gasteiger partial charge in [-0.1, -0.05) is 11.3 Å². The molecular weight excluding hydrogens is 216 g/mol. The number of aromatic carboxylic acids is 1. The number of hydrogen-bond acceptors (Lipinski definition) is 5. The molecule has 1 aromatic rings. The van der Waals surface area contributed by atoms with E-state index in [4.69, 9.17) is 9.84 Å². The van der Waals surface area contributed by atoms with Crippen molar-refractivity contribution in [3.8, 4) is 0 Å². The topological polar surface area (TPSA) is 71.5 Å². The molecule has 0 bridgehead atoms. The first kappa shape index (κ1) is 10.4. The summed E-state index contributed by atoms with van der Waals surface area (Å²) in [5.74, 6) is -0.941. The molecule has 1 saturated carbocycles. The molecule has 0 aliphatic heterocycles. The summed E-state index contributed by atoms with van der Waals surface area (Å²) in [6.07, 6.45) is 2.28. The number of hydrogen-bond donors (Lipinski definition) is 2. The van der Waals surface area contributed by atoms with Crippen LogP contribution < -0.4 is 5.32 Å². The van der Waals surface area contributed by atoms with Crippen molar-refractivity contribution in [2.24, 2.45) is 0 Å². The fourth-order valence-corrected chi connectivity index (χ4v) is 2.10. The first-order valence-corrected chi connectivity index (χ1v) is 5.51. The van der Waals surface area contributed by atoms with E-state index in [1.54, 1.807) is 0 Å². The van der Waals surface area contributed by atoms with Crippen molar-refractivity contribution >= 4 is 22.4 Å². The van der Waals surface area contributed by atoms with Crippen LogP contribution in [0.3, 0.4) is 0 Å². The van der Waals surface area contributed by atoms with Gasteiger partial charge >= 0.3 is 5.97 Å². The largest absolute Gasteiger partial charge is 0.477 e. The zero-order chi connectivity index (χ0) is 10.8. The third-order valence-corrected chi connectivity index (χ3v) is 3.09. The Bertz CT molecular complexity index is 373. The van der Waals surface area contributed by atoms with Gasteiger partial charge in [0.15, 0.2) is 5.13 Å². The zero-order valence-corrected chi connectivity index (χ0v) is 9.13. The molecule has 0 amide bonds. The van der Waals surface area contributed by atoms with Gasteiger partial charge in [0, 0.05) is 13.2 Å². The molecule has 1 heterocycles. The molecule has 1 aromatic heterocycles. The van der Waals surface area contributed by atoms with Crippen LogP contribution in [0.2, 0.25) is 0 Å². The zero-order valence-electron chi connectivity index (χ0n) is 8.32. The van der Waals surface area contributed by atoms with Gasteiger partial charge in [0.2, 0.25) is 0 Å². The van der Waals surface area contributed by atoms with Gasteiger partial charge in [-0.15, -0.1) is 0 Å². The van der Waals surface area contributed by atoms with Gasteiger partial charge in [-0.25, -0.2) is 9.78 Å². The van der Waals surface area contributed by atoms with Crippen molar-refractivity contribution in [2.45, 2.75) is 25.5 Å². The van der Waals surface area contributed by atoms with Crippen molar-refractivity contribution in [3.63, 3.8) is 0 Å². The molecule has 0 aromatic carbocycles. The highest BCUT2D eigenvalue weighted by Gasteiger charge is 2.24. The van der Waals surface area contributed by atoms with Crippen molar-refractivity contribution in [1.82, 2.24) is 4.98 Å². The fraction of sp³-hybridized carbons (Fsp3) is 0.556. The van der Waals surface area contributed by atoms with E-state index in [2.05, 4.69) is 10.3 Å². The number of aromatic nitrogens is 1. The number of ether oxygens (including phenoxy) is 1. The molecular formula is C9H12N2O3S. The van der Waals surface area contributed by atoms with Crippen molar-refractivity contribution in [2.75, 3.05) is 12.4 Å². The average molecular weight is 228 g/mol. The summed E-state index contributed by atoms with van der Waals surface area (Å²) in [4.78, 5) is 15.4. The third-order valence-electron chi connectivity index (χ3n) is 2.08. The maximum Gasteiger partial charge on any atom is 0.347 e. The maximum absolute atomic E-state index is 10.9. The molecule has 0 saturated heterocycles. The molecule has 1 fully saturated rings. The second-order valence-corrected chi connectivity index (χ2v) is 4.45. The Kier molecular flexibility index (Phi) is 2.88. The predicted octanol–water partition coefficient (Wildman–Crippen LogP) is 1.56. The summed E-state index contributed by atoms with van der Waals surface area (Å²) in [5.41, 5.74) is 0.498. The Balaban J connectivity index is 2.17. The number of nitrogens with zero attached hydrogens (tertiary/aromatic N) is 1. The van der Waals surface area contributed by atoms with Gasteiger partial charge in [0.05, 0.1) is 12.3 Å². The Morgan fingerprint density at radius 3 is 3.00 bits per heavy atom. The number of nitrogens with one attached hydrogen (secondary N) is 1. The Morgan fingerprint density at radius 1 is 1.73 bits per heavy atom. The summed E-state index contributed by atoms with van der Waals surface area (Å²) in [6.45, 7) is 0.241. The van der Waals surface area contributed by atoms with Gasteiger partial charge in [0.1, 0.15) is 4.88 Å². The molecule has 0 radical (unpaired) electrons. The second-order valence-electron chi connectivity index (χ2n) is 3.45. The van der Waals surface area contributed by atoms with Crippen LogP contribution in [0.5, 0.6) is 0 Å². The number of carbonyl (C=O) groups is 1. The summed E-state index contributed by atoms with van der Waals surface area (Å²) < 4.78 is 4.91. The molecule has 0 spiro atoms. The standard InChI is InChI=1S/C9H12N2O3S/c1-14-4-6-7(8(12)13)15-9(11-6)10-5-2-3-5/h5H,2-4H2,1H3,(H,10,11)(H,12,13). The monoisotopic (exact) mass is 228 g/mol. The minimum Gasteiger partial charge on any atom is -0.477 e. The van der Waals surface area contributed by atoms with Gasteiger partial charge in [-0.2, -0.15) is 0 Å². The van der Waals surface area contributed by atoms with Gasteiger partial charge in [-0.05, 0) is 12.8 Å². The van der Waals surface area contributed by atoms with Crippen molar-refractivity contribution in [3.05, 3.63) is 10.6 Å². The molecule has 82 valence electrons. The van der Waals surface area contributed by atoms with E-state index in [9.17, 15) is 4.79 Å². The molecule has 6 heteroatoms. The average Bonchev–Trinajstić information content (AvgIpc) is 2.88. The molecule has 5 nitrogen and oxygen atoms in total. The van der Waals surface area contributed by atoms with Crippen molar-refractivity contribution < 1.29 is 14.6 Å². The van der Waals surface area contributed by atoms with Gasteiger partial charge < -0.3 is 15.2 Å². The molecule has 0 atom stereocenters.